The van der Waals surface area contributed by atoms with Gasteiger partial charge in [-0.25, -0.2) is 9.97 Å². The van der Waals surface area contributed by atoms with Gasteiger partial charge in [0.25, 0.3) is 0 Å². The van der Waals surface area contributed by atoms with Crippen LogP contribution >= 0.6 is 27.5 Å². The third-order valence-electron chi connectivity index (χ3n) is 1.87. The molecule has 0 aliphatic carbocycles. The first-order chi connectivity index (χ1) is 7.16. The van der Waals surface area contributed by atoms with Crippen molar-refractivity contribution in [1.29, 1.82) is 0 Å². The van der Waals surface area contributed by atoms with E-state index in [2.05, 4.69) is 25.9 Å². The Hall–Kier alpha value is -1.13. The molecule has 15 heavy (non-hydrogen) atoms. The van der Waals surface area contributed by atoms with Crippen LogP contribution in [-0.4, -0.2) is 9.97 Å². The van der Waals surface area contributed by atoms with E-state index in [-0.39, 0.29) is 0 Å². The quantitative estimate of drug-likeness (QED) is 0.875. The van der Waals surface area contributed by atoms with Gasteiger partial charge in [0.05, 0.1) is 4.47 Å². The number of nitrogens with two attached hydrogens (primary N) is 1. The Morgan fingerprint density at radius 2 is 1.87 bits per heavy atom. The van der Waals surface area contributed by atoms with Crippen molar-refractivity contribution >= 4 is 33.3 Å². The Kier molecular flexibility index (Phi) is 2.88. The van der Waals surface area contributed by atoms with Crippen molar-refractivity contribution in [1.82, 2.24) is 9.97 Å². The predicted octanol–water partition coefficient (Wildman–Crippen LogP) is 3.14. The zero-order valence-corrected chi connectivity index (χ0v) is 9.96. The molecular formula is C10H7BrClN3. The fraction of sp³-hybridized carbons (Fsp3) is 0. The average Bonchev–Trinajstić information content (AvgIpc) is 2.23. The second-order valence-corrected chi connectivity index (χ2v) is 4.22. The van der Waals surface area contributed by atoms with Gasteiger partial charge in [0.1, 0.15) is 5.82 Å². The minimum Gasteiger partial charge on any atom is -0.383 e. The highest BCUT2D eigenvalue weighted by Crippen LogP contribution is 2.21. The maximum absolute atomic E-state index is 5.78. The third-order valence-corrected chi connectivity index (χ3v) is 2.74. The molecule has 0 saturated heterocycles. The molecule has 5 heteroatoms. The van der Waals surface area contributed by atoms with Gasteiger partial charge >= 0.3 is 0 Å². The summed E-state index contributed by atoms with van der Waals surface area (Å²) in [7, 11) is 0. The second-order valence-electron chi connectivity index (χ2n) is 2.93. The second kappa shape index (κ2) is 4.16. The van der Waals surface area contributed by atoms with Crippen molar-refractivity contribution in [3.05, 3.63) is 40.0 Å². The summed E-state index contributed by atoms with van der Waals surface area (Å²) < 4.78 is 0.695. The van der Waals surface area contributed by atoms with E-state index in [0.29, 0.717) is 21.1 Å². The summed E-state index contributed by atoms with van der Waals surface area (Å²) in [6, 6.07) is 7.28. The van der Waals surface area contributed by atoms with Crippen molar-refractivity contribution in [2.45, 2.75) is 0 Å². The van der Waals surface area contributed by atoms with Gasteiger partial charge in [-0.1, -0.05) is 11.6 Å². The van der Waals surface area contributed by atoms with Gasteiger partial charge in [-0.15, -0.1) is 0 Å². The van der Waals surface area contributed by atoms with Crippen LogP contribution in [0.15, 0.2) is 34.9 Å². The zero-order chi connectivity index (χ0) is 10.8. The van der Waals surface area contributed by atoms with Gasteiger partial charge < -0.3 is 5.73 Å². The van der Waals surface area contributed by atoms with Crippen LogP contribution in [0.1, 0.15) is 0 Å². The Balaban J connectivity index is 2.45. The van der Waals surface area contributed by atoms with Crippen LogP contribution in [0.3, 0.4) is 0 Å². The molecule has 0 amide bonds. The van der Waals surface area contributed by atoms with Gasteiger partial charge in [0, 0.05) is 16.8 Å². The molecule has 3 nitrogen and oxygen atoms in total. The van der Waals surface area contributed by atoms with E-state index >= 15 is 0 Å². The molecular weight excluding hydrogens is 277 g/mol. The van der Waals surface area contributed by atoms with Crippen LogP contribution < -0.4 is 5.73 Å². The van der Waals surface area contributed by atoms with Crippen molar-refractivity contribution in [3.63, 3.8) is 0 Å². The molecule has 1 heterocycles. The number of nitrogen functional groups attached to an aromatic ring is 1. The van der Waals surface area contributed by atoms with Gasteiger partial charge in [-0.05, 0) is 40.2 Å². The number of nitrogens with zero attached hydrogens (tertiary/aromatic N) is 2. The van der Waals surface area contributed by atoms with Gasteiger partial charge in [-0.3, -0.25) is 0 Å². The standard InChI is InChI=1S/C10H7BrClN3/c11-8-5-14-10(15-9(8)13)6-1-3-7(12)4-2-6/h1-5H,(H2,13,14,15). The summed E-state index contributed by atoms with van der Waals surface area (Å²) in [5.41, 5.74) is 6.55. The number of rotatable bonds is 1. The summed E-state index contributed by atoms with van der Waals surface area (Å²) in [6.45, 7) is 0. The molecule has 0 unspecified atom stereocenters. The van der Waals surface area contributed by atoms with E-state index in [1.807, 2.05) is 12.1 Å². The molecule has 0 radical (unpaired) electrons. The summed E-state index contributed by atoms with van der Waals surface area (Å²) in [4.78, 5) is 8.31. The molecule has 0 saturated carbocycles. The van der Waals surface area contributed by atoms with Gasteiger partial charge in [0.2, 0.25) is 0 Å². The van der Waals surface area contributed by atoms with Crippen LogP contribution in [0.4, 0.5) is 5.82 Å². The summed E-state index contributed by atoms with van der Waals surface area (Å²) in [6.07, 6.45) is 1.63. The molecule has 0 atom stereocenters. The summed E-state index contributed by atoms with van der Waals surface area (Å²) in [5, 5.41) is 0.684. The van der Waals surface area contributed by atoms with Gasteiger partial charge in [-0.2, -0.15) is 0 Å². The van der Waals surface area contributed by atoms with E-state index < -0.39 is 0 Å². The summed E-state index contributed by atoms with van der Waals surface area (Å²) in [5.74, 6) is 1.02. The smallest absolute Gasteiger partial charge is 0.161 e. The van der Waals surface area contributed by atoms with Crippen molar-refractivity contribution in [2.75, 3.05) is 5.73 Å². The van der Waals surface area contributed by atoms with Crippen LogP contribution in [0.25, 0.3) is 11.4 Å². The number of hydrogen-bond acceptors (Lipinski definition) is 3. The first-order valence-corrected chi connectivity index (χ1v) is 5.38. The van der Waals surface area contributed by atoms with E-state index in [1.165, 1.54) is 0 Å². The maximum atomic E-state index is 5.78. The normalized spacial score (nSPS) is 10.3. The van der Waals surface area contributed by atoms with E-state index in [4.69, 9.17) is 17.3 Å². The molecule has 2 N–H and O–H groups in total. The minimum absolute atomic E-state index is 0.426. The maximum Gasteiger partial charge on any atom is 0.161 e. The molecule has 0 fully saturated rings. The van der Waals surface area contributed by atoms with E-state index in [1.54, 1.807) is 18.3 Å². The van der Waals surface area contributed by atoms with Crippen LogP contribution in [-0.2, 0) is 0 Å². The fourth-order valence-electron chi connectivity index (χ4n) is 1.12. The molecule has 0 aliphatic heterocycles. The monoisotopic (exact) mass is 283 g/mol. The topological polar surface area (TPSA) is 51.8 Å². The highest BCUT2D eigenvalue weighted by atomic mass is 79.9. The number of aromatic nitrogens is 2. The molecule has 0 bridgehead atoms. The van der Waals surface area contributed by atoms with Crippen LogP contribution in [0, 0.1) is 0 Å². The fourth-order valence-corrected chi connectivity index (χ4v) is 1.44. The number of benzene rings is 1. The molecule has 0 spiro atoms. The Morgan fingerprint density at radius 1 is 1.20 bits per heavy atom. The molecule has 1 aromatic heterocycles. The molecule has 2 aromatic rings. The largest absolute Gasteiger partial charge is 0.383 e. The Bertz CT molecular complexity index is 485. The highest BCUT2D eigenvalue weighted by molar-refractivity contribution is 9.10. The Morgan fingerprint density at radius 3 is 2.47 bits per heavy atom. The molecule has 76 valence electrons. The van der Waals surface area contributed by atoms with E-state index in [0.717, 1.165) is 5.56 Å². The lowest BCUT2D eigenvalue weighted by molar-refractivity contribution is 1.17. The van der Waals surface area contributed by atoms with Crippen LogP contribution in [0.5, 0.6) is 0 Å². The minimum atomic E-state index is 0.426. The van der Waals surface area contributed by atoms with E-state index in [9.17, 15) is 0 Å². The highest BCUT2D eigenvalue weighted by Gasteiger charge is 2.03. The zero-order valence-electron chi connectivity index (χ0n) is 7.61. The predicted molar refractivity (Wildman–Crippen MR) is 64.6 cm³/mol. The molecule has 2 rings (SSSR count). The lowest BCUT2D eigenvalue weighted by atomic mass is 10.2. The van der Waals surface area contributed by atoms with Crippen molar-refractivity contribution in [3.8, 4) is 11.4 Å². The first-order valence-electron chi connectivity index (χ1n) is 4.21. The lowest BCUT2D eigenvalue weighted by Crippen LogP contribution is -1.96. The Labute approximate surface area is 100 Å². The van der Waals surface area contributed by atoms with Crippen molar-refractivity contribution < 1.29 is 0 Å². The average molecular weight is 285 g/mol. The van der Waals surface area contributed by atoms with Crippen LogP contribution in [0.2, 0.25) is 5.02 Å². The SMILES string of the molecule is Nc1nc(-c2ccc(Cl)cc2)ncc1Br. The van der Waals surface area contributed by atoms with Gasteiger partial charge in [0.15, 0.2) is 5.82 Å². The number of anilines is 1. The first kappa shape index (κ1) is 10.4. The van der Waals surface area contributed by atoms with Crippen molar-refractivity contribution in [2.24, 2.45) is 0 Å². The number of halogens is 2. The number of hydrogen-bond donors (Lipinski definition) is 1. The summed E-state index contributed by atoms with van der Waals surface area (Å²) >= 11 is 9.03. The lowest BCUT2D eigenvalue weighted by Gasteiger charge is -2.02. The molecule has 0 aliphatic rings. The molecule has 1 aromatic carbocycles. The third kappa shape index (κ3) is 2.27.